The molecule has 1 amide bonds. The fourth-order valence-electron chi connectivity index (χ4n) is 1.70. The molecular weight excluding hydrogens is 290 g/mol. The summed E-state index contributed by atoms with van der Waals surface area (Å²) in [6, 6.07) is 7.87. The van der Waals surface area contributed by atoms with E-state index in [1.54, 1.807) is 12.1 Å². The highest BCUT2D eigenvalue weighted by Crippen LogP contribution is 2.12. The number of nitrogens with one attached hydrogen (secondary N) is 2. The Kier molecular flexibility index (Phi) is 6.85. The number of nitrogens with zero attached hydrogens (tertiary/aromatic N) is 1. The van der Waals surface area contributed by atoms with Crippen LogP contribution in [0.15, 0.2) is 29.2 Å². The predicted molar refractivity (Wildman–Crippen MR) is 79.4 cm³/mol. The molecule has 1 aromatic rings. The zero-order valence-corrected chi connectivity index (χ0v) is 12.7. The van der Waals surface area contributed by atoms with Crippen molar-refractivity contribution < 1.29 is 13.2 Å². The molecular formula is C14H19N3O3S. The first-order chi connectivity index (χ1) is 9.99. The maximum absolute atomic E-state index is 12.1. The van der Waals surface area contributed by atoms with Crippen molar-refractivity contribution in [2.24, 2.45) is 0 Å². The lowest BCUT2D eigenvalue weighted by Crippen LogP contribution is -2.29. The normalized spacial score (nSPS) is 10.9. The van der Waals surface area contributed by atoms with Gasteiger partial charge in [-0.05, 0) is 25.1 Å². The molecule has 0 fully saturated rings. The maximum atomic E-state index is 12.1. The Balaban J connectivity index is 2.43. The van der Waals surface area contributed by atoms with Crippen molar-refractivity contribution in [1.82, 2.24) is 10.6 Å². The number of carbonyl (C=O) groups excluding carboxylic acids is 1. The van der Waals surface area contributed by atoms with Gasteiger partial charge in [0.05, 0.1) is 22.3 Å². The highest BCUT2D eigenvalue weighted by Gasteiger charge is 2.14. The van der Waals surface area contributed by atoms with Crippen molar-refractivity contribution in [3.05, 3.63) is 29.8 Å². The Morgan fingerprint density at radius 2 is 2.10 bits per heavy atom. The number of amides is 1. The Labute approximate surface area is 125 Å². The third kappa shape index (κ3) is 5.94. The Hall–Kier alpha value is -1.91. The van der Waals surface area contributed by atoms with Gasteiger partial charge in [0.15, 0.2) is 9.84 Å². The van der Waals surface area contributed by atoms with E-state index in [-0.39, 0.29) is 23.1 Å². The molecule has 0 heterocycles. The van der Waals surface area contributed by atoms with Gasteiger partial charge in [-0.15, -0.1) is 0 Å². The predicted octanol–water partition coefficient (Wildman–Crippen LogP) is 0.448. The summed E-state index contributed by atoms with van der Waals surface area (Å²) in [5.74, 6) is -0.133. The maximum Gasteiger partial charge on any atom is 0.221 e. The fourth-order valence-corrected chi connectivity index (χ4v) is 2.94. The van der Waals surface area contributed by atoms with Gasteiger partial charge in [0.1, 0.15) is 0 Å². The number of sulfone groups is 1. The summed E-state index contributed by atoms with van der Waals surface area (Å²) < 4.78 is 24.1. The lowest BCUT2D eigenvalue weighted by Gasteiger charge is -2.07. The van der Waals surface area contributed by atoms with Gasteiger partial charge in [0.25, 0.3) is 0 Å². The van der Waals surface area contributed by atoms with E-state index in [2.05, 4.69) is 10.6 Å². The molecule has 114 valence electrons. The molecule has 0 unspecified atom stereocenters. The molecule has 0 spiro atoms. The summed E-state index contributed by atoms with van der Waals surface area (Å²) in [5.41, 5.74) is 0.320. The second-order valence-electron chi connectivity index (χ2n) is 4.41. The summed E-state index contributed by atoms with van der Waals surface area (Å²) in [6.07, 6.45) is 0.317. The van der Waals surface area contributed by atoms with Gasteiger partial charge in [-0.3, -0.25) is 4.79 Å². The summed E-state index contributed by atoms with van der Waals surface area (Å²) in [6.45, 7) is 3.12. The number of hydrogen-bond acceptors (Lipinski definition) is 5. The summed E-state index contributed by atoms with van der Waals surface area (Å²) >= 11 is 0. The average Bonchev–Trinajstić information content (AvgIpc) is 2.47. The van der Waals surface area contributed by atoms with Crippen LogP contribution in [0.25, 0.3) is 0 Å². The van der Waals surface area contributed by atoms with Crippen LogP contribution in [0.2, 0.25) is 0 Å². The van der Waals surface area contributed by atoms with Crippen molar-refractivity contribution in [2.45, 2.75) is 18.2 Å². The third-order valence-corrected chi connectivity index (χ3v) is 4.49. The van der Waals surface area contributed by atoms with E-state index < -0.39 is 9.84 Å². The van der Waals surface area contributed by atoms with Gasteiger partial charge >= 0.3 is 0 Å². The number of nitriles is 1. The molecule has 1 rings (SSSR count). The smallest absolute Gasteiger partial charge is 0.221 e. The molecule has 0 aliphatic heterocycles. The van der Waals surface area contributed by atoms with Crippen LogP contribution in [0, 0.1) is 11.3 Å². The lowest BCUT2D eigenvalue weighted by atomic mass is 10.2. The highest BCUT2D eigenvalue weighted by molar-refractivity contribution is 7.91. The van der Waals surface area contributed by atoms with Crippen LogP contribution in [0.3, 0.4) is 0 Å². The van der Waals surface area contributed by atoms with E-state index in [1.807, 2.05) is 13.0 Å². The molecule has 0 aromatic heterocycles. The van der Waals surface area contributed by atoms with Crippen LogP contribution in [-0.2, 0) is 14.6 Å². The molecule has 6 nitrogen and oxygen atoms in total. The number of rotatable bonds is 8. The summed E-state index contributed by atoms with van der Waals surface area (Å²) in [4.78, 5) is 11.3. The number of hydrogen-bond donors (Lipinski definition) is 2. The fraction of sp³-hybridized carbons (Fsp3) is 0.429. The molecule has 0 saturated carbocycles. The molecule has 0 aliphatic carbocycles. The van der Waals surface area contributed by atoms with Gasteiger partial charge in [-0.1, -0.05) is 6.07 Å². The monoisotopic (exact) mass is 309 g/mol. The molecule has 0 aliphatic rings. The summed E-state index contributed by atoms with van der Waals surface area (Å²) in [5, 5.41) is 14.4. The first-order valence-corrected chi connectivity index (χ1v) is 8.35. The molecule has 0 atom stereocenters. The second-order valence-corrected chi connectivity index (χ2v) is 6.52. The quantitative estimate of drug-likeness (QED) is 0.679. The minimum Gasteiger partial charge on any atom is -0.356 e. The van der Waals surface area contributed by atoms with E-state index >= 15 is 0 Å². The average molecular weight is 309 g/mol. The number of carbonyl (C=O) groups is 1. The van der Waals surface area contributed by atoms with Crippen molar-refractivity contribution in [3.8, 4) is 6.07 Å². The highest BCUT2D eigenvalue weighted by atomic mass is 32.2. The van der Waals surface area contributed by atoms with Crippen LogP contribution in [0.5, 0.6) is 0 Å². The van der Waals surface area contributed by atoms with Gasteiger partial charge in [-0.2, -0.15) is 5.26 Å². The van der Waals surface area contributed by atoms with E-state index in [9.17, 15) is 13.2 Å². The van der Waals surface area contributed by atoms with Crippen LogP contribution in [0.4, 0.5) is 0 Å². The van der Waals surface area contributed by atoms with Crippen LogP contribution in [0.1, 0.15) is 18.9 Å². The van der Waals surface area contributed by atoms with Gasteiger partial charge in [0, 0.05) is 26.1 Å². The standard InChI is InChI=1S/C14H19N3O3S/c1-2-17-14(18)6-7-16-8-9-21(19,20)13-5-3-4-12(10-13)11-15/h3-5,10,16H,2,6-9H2,1H3,(H,17,18). The van der Waals surface area contributed by atoms with Crippen molar-refractivity contribution in [2.75, 3.05) is 25.4 Å². The topological polar surface area (TPSA) is 99.1 Å². The van der Waals surface area contributed by atoms with Crippen molar-refractivity contribution in [1.29, 1.82) is 5.26 Å². The largest absolute Gasteiger partial charge is 0.356 e. The van der Waals surface area contributed by atoms with E-state index in [4.69, 9.17) is 5.26 Å². The third-order valence-electron chi connectivity index (χ3n) is 2.77. The molecule has 0 saturated heterocycles. The molecule has 0 radical (unpaired) electrons. The van der Waals surface area contributed by atoms with E-state index in [1.165, 1.54) is 12.1 Å². The van der Waals surface area contributed by atoms with E-state index in [0.29, 0.717) is 25.1 Å². The molecule has 7 heteroatoms. The Morgan fingerprint density at radius 1 is 1.33 bits per heavy atom. The minimum absolute atomic E-state index is 0.0606. The van der Waals surface area contributed by atoms with Crippen LogP contribution in [-0.4, -0.2) is 39.7 Å². The van der Waals surface area contributed by atoms with Crippen molar-refractivity contribution >= 4 is 15.7 Å². The lowest BCUT2D eigenvalue weighted by molar-refractivity contribution is -0.120. The second kappa shape index (κ2) is 8.39. The Morgan fingerprint density at radius 3 is 2.76 bits per heavy atom. The molecule has 21 heavy (non-hydrogen) atoms. The van der Waals surface area contributed by atoms with Crippen LogP contribution >= 0.6 is 0 Å². The Bertz CT molecular complexity index is 621. The molecule has 2 N–H and O–H groups in total. The SMILES string of the molecule is CCNC(=O)CCNCCS(=O)(=O)c1cccc(C#N)c1. The first kappa shape index (κ1) is 17.1. The zero-order valence-electron chi connectivity index (χ0n) is 11.9. The molecule has 0 bridgehead atoms. The zero-order chi connectivity index (χ0) is 15.7. The van der Waals surface area contributed by atoms with Crippen molar-refractivity contribution in [3.63, 3.8) is 0 Å². The summed E-state index contributed by atoms with van der Waals surface area (Å²) in [7, 11) is -3.42. The number of benzene rings is 1. The minimum atomic E-state index is -3.42. The molecule has 1 aromatic carbocycles. The van der Waals surface area contributed by atoms with Crippen LogP contribution < -0.4 is 10.6 Å². The van der Waals surface area contributed by atoms with Gasteiger partial charge < -0.3 is 10.6 Å². The van der Waals surface area contributed by atoms with E-state index in [0.717, 1.165) is 0 Å². The van der Waals surface area contributed by atoms with Gasteiger partial charge in [0.2, 0.25) is 5.91 Å². The van der Waals surface area contributed by atoms with Gasteiger partial charge in [-0.25, -0.2) is 8.42 Å². The first-order valence-electron chi connectivity index (χ1n) is 6.70.